The summed E-state index contributed by atoms with van der Waals surface area (Å²) in [6.07, 6.45) is 1.73. The van der Waals surface area contributed by atoms with Crippen molar-refractivity contribution in [3.05, 3.63) is 65.2 Å². The second kappa shape index (κ2) is 10.6. The number of sulfonamides is 1. The van der Waals surface area contributed by atoms with Crippen LogP contribution in [0, 0.1) is 18.8 Å². The van der Waals surface area contributed by atoms with Crippen LogP contribution >= 0.6 is 0 Å². The van der Waals surface area contributed by atoms with Crippen molar-refractivity contribution in [2.45, 2.75) is 42.7 Å². The van der Waals surface area contributed by atoms with E-state index in [1.165, 1.54) is 0 Å². The number of fused-ring (bicyclic) bond motifs is 1. The number of hydrogen-bond acceptors (Lipinski definition) is 5. The Labute approximate surface area is 204 Å². The molecular weight excluding hydrogens is 446 g/mol. The first kappa shape index (κ1) is 24.9. The van der Waals surface area contributed by atoms with E-state index in [4.69, 9.17) is 0 Å². The molecule has 0 bridgehead atoms. The summed E-state index contributed by atoms with van der Waals surface area (Å²) >= 11 is 0. The zero-order valence-electron chi connectivity index (χ0n) is 20.3. The van der Waals surface area contributed by atoms with E-state index in [0.717, 1.165) is 36.1 Å². The van der Waals surface area contributed by atoms with E-state index >= 15 is 0 Å². The molecule has 2 fully saturated rings. The minimum Gasteiger partial charge on any atom is -0.395 e. The summed E-state index contributed by atoms with van der Waals surface area (Å²) < 4.78 is 28.8. The van der Waals surface area contributed by atoms with Crippen molar-refractivity contribution in [2.24, 2.45) is 0 Å². The zero-order chi connectivity index (χ0) is 24.3. The van der Waals surface area contributed by atoms with Gasteiger partial charge in [0.05, 0.1) is 18.0 Å². The minimum atomic E-state index is -3.59. The highest BCUT2D eigenvalue weighted by Gasteiger charge is 2.50. The van der Waals surface area contributed by atoms with Crippen molar-refractivity contribution in [2.75, 3.05) is 46.9 Å². The van der Waals surface area contributed by atoms with E-state index in [0.29, 0.717) is 24.5 Å². The first-order valence-corrected chi connectivity index (χ1v) is 13.4. The SMILES string of the molecule is Cc1ccccc1S(=O)(=O)N1CCCCN2[C@@H](CO)[C@@H](c3ccc(C#CCN(C)C)cc3)[C@@H]2C1. The lowest BCUT2D eigenvalue weighted by atomic mass is 9.74. The summed E-state index contributed by atoms with van der Waals surface area (Å²) in [6, 6.07) is 15.5. The fourth-order valence-electron chi connectivity index (χ4n) is 5.20. The van der Waals surface area contributed by atoms with Crippen LogP contribution in [0.4, 0.5) is 0 Å². The molecule has 2 aromatic carbocycles. The molecule has 3 atom stereocenters. The molecule has 0 amide bonds. The molecule has 0 saturated carbocycles. The Hall–Kier alpha value is -2.21. The van der Waals surface area contributed by atoms with Crippen molar-refractivity contribution < 1.29 is 13.5 Å². The van der Waals surface area contributed by atoms with E-state index in [2.05, 4.69) is 28.9 Å². The van der Waals surface area contributed by atoms with Crippen molar-refractivity contribution in [1.29, 1.82) is 0 Å². The standard InChI is InChI=1S/C27H35N3O3S/c1-21-9-4-5-11-26(21)34(32,33)29-17-6-7-18-30-24(19-29)27(25(30)20-31)23-14-12-22(13-15-23)10-8-16-28(2)3/h4-5,9,11-15,24-25,27,31H,6-7,16-20H2,1-3H3/t24-,25-,27-/m0/s1. The minimum absolute atomic E-state index is 0.0109. The first-order valence-electron chi connectivity index (χ1n) is 12.0. The highest BCUT2D eigenvalue weighted by molar-refractivity contribution is 7.89. The van der Waals surface area contributed by atoms with Gasteiger partial charge >= 0.3 is 0 Å². The van der Waals surface area contributed by atoms with Gasteiger partial charge in [-0.3, -0.25) is 9.80 Å². The molecule has 0 aliphatic carbocycles. The molecule has 0 aromatic heterocycles. The van der Waals surface area contributed by atoms with Gasteiger partial charge in [0.1, 0.15) is 0 Å². The molecule has 2 aliphatic heterocycles. The normalized spacial score (nSPS) is 23.9. The molecule has 6 nitrogen and oxygen atoms in total. The molecular formula is C27H35N3O3S. The number of benzene rings is 2. The van der Waals surface area contributed by atoms with Crippen molar-refractivity contribution >= 4 is 10.0 Å². The molecule has 1 N–H and O–H groups in total. The van der Waals surface area contributed by atoms with Crippen molar-refractivity contribution in [3.63, 3.8) is 0 Å². The van der Waals surface area contributed by atoms with Crippen LogP contribution < -0.4 is 0 Å². The Morgan fingerprint density at radius 1 is 1.06 bits per heavy atom. The largest absolute Gasteiger partial charge is 0.395 e. The number of hydrogen-bond donors (Lipinski definition) is 1. The van der Waals surface area contributed by atoms with Crippen LogP contribution in [0.3, 0.4) is 0 Å². The number of rotatable bonds is 5. The molecule has 34 heavy (non-hydrogen) atoms. The van der Waals surface area contributed by atoms with Gasteiger partial charge in [0, 0.05) is 36.7 Å². The summed E-state index contributed by atoms with van der Waals surface area (Å²) in [4.78, 5) is 4.72. The van der Waals surface area contributed by atoms with E-state index in [1.807, 2.05) is 50.2 Å². The molecule has 2 aliphatic rings. The van der Waals surface area contributed by atoms with Gasteiger partial charge < -0.3 is 5.11 Å². The molecule has 182 valence electrons. The maximum atomic E-state index is 13.6. The van der Waals surface area contributed by atoms with E-state index < -0.39 is 10.0 Å². The number of aliphatic hydroxyl groups is 1. The van der Waals surface area contributed by atoms with Crippen LogP contribution in [0.15, 0.2) is 53.4 Å². The Balaban J connectivity index is 1.59. The van der Waals surface area contributed by atoms with E-state index in [-0.39, 0.29) is 24.6 Å². The third-order valence-corrected chi connectivity index (χ3v) is 8.99. The number of nitrogens with zero attached hydrogens (tertiary/aromatic N) is 3. The van der Waals surface area contributed by atoms with Gasteiger partial charge in [0.2, 0.25) is 10.0 Å². The topological polar surface area (TPSA) is 64.1 Å². The molecule has 7 heteroatoms. The Kier molecular flexibility index (Phi) is 7.76. The fourth-order valence-corrected chi connectivity index (χ4v) is 6.92. The van der Waals surface area contributed by atoms with Crippen LogP contribution in [0.5, 0.6) is 0 Å². The third-order valence-electron chi connectivity index (χ3n) is 6.97. The summed E-state index contributed by atoms with van der Waals surface area (Å²) in [7, 11) is 0.399. The van der Waals surface area contributed by atoms with Gasteiger partial charge in [-0.25, -0.2) is 8.42 Å². The molecule has 0 unspecified atom stereocenters. The highest BCUT2D eigenvalue weighted by atomic mass is 32.2. The van der Waals surface area contributed by atoms with E-state index in [1.54, 1.807) is 16.4 Å². The van der Waals surface area contributed by atoms with Gasteiger partial charge in [-0.1, -0.05) is 42.2 Å². The maximum Gasteiger partial charge on any atom is 0.243 e. The van der Waals surface area contributed by atoms with Gasteiger partial charge in [0.15, 0.2) is 0 Å². The lowest BCUT2D eigenvalue weighted by Gasteiger charge is -2.57. The smallest absolute Gasteiger partial charge is 0.243 e. The van der Waals surface area contributed by atoms with Gasteiger partial charge in [0.25, 0.3) is 0 Å². The van der Waals surface area contributed by atoms with Gasteiger partial charge in [-0.05, 0) is 69.7 Å². The molecule has 4 rings (SSSR count). The first-order chi connectivity index (χ1) is 16.3. The fraction of sp³-hybridized carbons (Fsp3) is 0.481. The van der Waals surface area contributed by atoms with E-state index in [9.17, 15) is 13.5 Å². The Bertz CT molecular complexity index is 1150. The summed E-state index contributed by atoms with van der Waals surface area (Å²) in [5, 5.41) is 10.2. The molecule has 0 radical (unpaired) electrons. The average Bonchev–Trinajstić information content (AvgIpc) is 2.78. The predicted octanol–water partition coefficient (Wildman–Crippen LogP) is 2.52. The van der Waals surface area contributed by atoms with Crippen LogP contribution in [0.2, 0.25) is 0 Å². The lowest BCUT2D eigenvalue weighted by molar-refractivity contribution is -0.0553. The molecule has 0 spiro atoms. The number of aryl methyl sites for hydroxylation is 1. The van der Waals surface area contributed by atoms with Gasteiger partial charge in [-0.2, -0.15) is 4.31 Å². The van der Waals surface area contributed by atoms with Crippen LogP contribution in [0.25, 0.3) is 0 Å². The second-order valence-corrected chi connectivity index (χ2v) is 11.5. The molecule has 2 aromatic rings. The summed E-state index contributed by atoms with van der Waals surface area (Å²) in [5.41, 5.74) is 2.86. The van der Waals surface area contributed by atoms with Gasteiger partial charge in [-0.15, -0.1) is 0 Å². The van der Waals surface area contributed by atoms with Crippen molar-refractivity contribution in [1.82, 2.24) is 14.1 Å². The quantitative estimate of drug-likeness (QED) is 0.665. The number of aliphatic hydroxyl groups excluding tert-OH is 1. The summed E-state index contributed by atoms with van der Waals surface area (Å²) in [6.45, 7) is 4.47. The Morgan fingerprint density at radius 2 is 1.76 bits per heavy atom. The monoisotopic (exact) mass is 481 g/mol. The third kappa shape index (κ3) is 5.07. The second-order valence-electron chi connectivity index (χ2n) is 9.58. The zero-order valence-corrected chi connectivity index (χ0v) is 21.1. The van der Waals surface area contributed by atoms with Crippen molar-refractivity contribution in [3.8, 4) is 11.8 Å². The lowest BCUT2D eigenvalue weighted by Crippen LogP contribution is -2.67. The highest BCUT2D eigenvalue weighted by Crippen LogP contribution is 2.42. The molecule has 2 heterocycles. The van der Waals surface area contributed by atoms with Crippen LogP contribution in [-0.4, -0.2) is 86.6 Å². The average molecular weight is 482 g/mol. The predicted molar refractivity (Wildman–Crippen MR) is 135 cm³/mol. The van der Waals surface area contributed by atoms with Crippen LogP contribution in [0.1, 0.15) is 35.4 Å². The van der Waals surface area contributed by atoms with Crippen LogP contribution in [-0.2, 0) is 10.0 Å². The molecule has 2 saturated heterocycles. The Morgan fingerprint density at radius 3 is 2.44 bits per heavy atom. The summed E-state index contributed by atoms with van der Waals surface area (Å²) in [5.74, 6) is 6.43. The maximum absolute atomic E-state index is 13.6.